The largest absolute Gasteiger partial charge is 0.264 e. The van der Waals surface area contributed by atoms with Gasteiger partial charge in [0.2, 0.25) is 0 Å². The van der Waals surface area contributed by atoms with Crippen LogP contribution in [0.25, 0.3) is 0 Å². The minimum atomic E-state index is 0.775. The molecule has 6 aromatic rings. The number of hydrogen-bond acceptors (Lipinski definition) is 11. The average molecular weight is 648 g/mol. The Kier molecular flexibility index (Phi) is 19.4. The summed E-state index contributed by atoms with van der Waals surface area (Å²) in [6.07, 6.45) is 15.9. The maximum atomic E-state index is 4.11. The molecule has 0 aliphatic rings. The molecule has 0 unspecified atom stereocenters. The highest BCUT2D eigenvalue weighted by Gasteiger charge is 1.87. The molecule has 11 heteroatoms. The number of pyridine rings is 2. The number of hydrogen-bond donors (Lipinski definition) is 0. The first-order chi connectivity index (χ1) is 22.7. The minimum Gasteiger partial charge on any atom is -0.264 e. The molecule has 6 rings (SSSR count). The molecular weight excluding hydrogens is 598 g/mol. The fourth-order valence-electron chi connectivity index (χ4n) is 3.50. The molecule has 0 aliphatic heterocycles. The van der Waals surface area contributed by atoms with E-state index in [0.717, 1.165) is 51.6 Å². The molecule has 0 aromatic carbocycles. The first-order valence-electron chi connectivity index (χ1n) is 15.4. The van der Waals surface area contributed by atoms with Crippen LogP contribution < -0.4 is 0 Å². The lowest BCUT2D eigenvalue weighted by Crippen LogP contribution is -1.91. The summed E-state index contributed by atoms with van der Waals surface area (Å²) in [5.41, 5.74) is 8.90. The zero-order chi connectivity index (χ0) is 35.9. The molecule has 0 aliphatic carbocycles. The highest BCUT2D eigenvalue weighted by molar-refractivity contribution is 5.14. The van der Waals surface area contributed by atoms with Crippen molar-refractivity contribution in [2.45, 2.75) is 83.1 Å². The van der Waals surface area contributed by atoms with E-state index in [4.69, 9.17) is 0 Å². The van der Waals surface area contributed by atoms with Crippen LogP contribution in [-0.2, 0) is 0 Å². The van der Waals surface area contributed by atoms with E-state index in [2.05, 4.69) is 73.9 Å². The van der Waals surface area contributed by atoms with Crippen LogP contribution in [0.5, 0.6) is 0 Å². The van der Waals surface area contributed by atoms with Crippen molar-refractivity contribution in [1.82, 2.24) is 54.8 Å². The molecule has 0 atom stereocenters. The molecule has 0 radical (unpaired) electrons. The van der Waals surface area contributed by atoms with Gasteiger partial charge in [-0.2, -0.15) is 0 Å². The number of aromatic nitrogens is 11. The van der Waals surface area contributed by atoms with Crippen LogP contribution in [0.1, 0.15) is 68.3 Å². The summed E-state index contributed by atoms with van der Waals surface area (Å²) in [6.45, 7) is 23.4. The monoisotopic (exact) mass is 647 g/mol. The van der Waals surface area contributed by atoms with Gasteiger partial charge < -0.3 is 0 Å². The molecule has 0 amide bonds. The van der Waals surface area contributed by atoms with Gasteiger partial charge >= 0.3 is 0 Å². The molecule has 6 aromatic heterocycles. The Labute approximate surface area is 286 Å². The molecule has 0 saturated heterocycles. The first-order valence-corrected chi connectivity index (χ1v) is 15.4. The Hall–Kier alpha value is -5.45. The SMILES string of the molecule is Cc1ccnc(C)c1.Cc1ccnc(C)n1.Cc1cnc(C)nc1.Cc1cncc(C)c1.Cc1cncc(C)n1.Cc1ncnc(C)n1. The van der Waals surface area contributed by atoms with Crippen LogP contribution in [-0.4, -0.2) is 54.8 Å². The summed E-state index contributed by atoms with van der Waals surface area (Å²) >= 11 is 0. The lowest BCUT2D eigenvalue weighted by atomic mass is 10.2. The van der Waals surface area contributed by atoms with Gasteiger partial charge in [0.05, 0.1) is 11.4 Å². The third-order valence-corrected chi connectivity index (χ3v) is 5.58. The lowest BCUT2D eigenvalue weighted by molar-refractivity contribution is 0.920. The predicted molar refractivity (Wildman–Crippen MR) is 191 cm³/mol. The summed E-state index contributed by atoms with van der Waals surface area (Å²) in [4.78, 5) is 43.6. The van der Waals surface area contributed by atoms with Crippen LogP contribution in [0, 0.1) is 83.1 Å². The second-order valence-corrected chi connectivity index (χ2v) is 10.9. The molecule has 0 saturated carbocycles. The summed E-state index contributed by atoms with van der Waals surface area (Å²) in [5.74, 6) is 3.22. The lowest BCUT2D eigenvalue weighted by Gasteiger charge is -1.90. The van der Waals surface area contributed by atoms with Crippen molar-refractivity contribution in [3.8, 4) is 0 Å². The van der Waals surface area contributed by atoms with E-state index in [1.165, 1.54) is 23.0 Å². The van der Waals surface area contributed by atoms with Gasteiger partial charge in [-0.1, -0.05) is 6.07 Å². The van der Waals surface area contributed by atoms with Crippen molar-refractivity contribution < 1.29 is 0 Å². The maximum absolute atomic E-state index is 4.11. The zero-order valence-electron chi connectivity index (χ0n) is 30.4. The number of aryl methyl sites for hydroxylation is 12. The summed E-state index contributed by atoms with van der Waals surface area (Å²) in [7, 11) is 0. The molecular formula is C37H49N11. The van der Waals surface area contributed by atoms with Gasteiger partial charge in [0.25, 0.3) is 0 Å². The molecule has 0 N–H and O–H groups in total. The van der Waals surface area contributed by atoms with Crippen LogP contribution in [0.15, 0.2) is 80.2 Å². The van der Waals surface area contributed by atoms with E-state index in [1.807, 2.05) is 119 Å². The normalized spacial score (nSPS) is 9.25. The van der Waals surface area contributed by atoms with Gasteiger partial charge in [-0.3, -0.25) is 19.9 Å². The topological polar surface area (TPSA) is 142 Å². The van der Waals surface area contributed by atoms with E-state index in [-0.39, 0.29) is 0 Å². The van der Waals surface area contributed by atoms with Crippen molar-refractivity contribution in [3.05, 3.63) is 148 Å². The quantitative estimate of drug-likeness (QED) is 0.166. The summed E-state index contributed by atoms with van der Waals surface area (Å²) < 4.78 is 0. The fourth-order valence-corrected chi connectivity index (χ4v) is 3.50. The third-order valence-electron chi connectivity index (χ3n) is 5.58. The molecule has 48 heavy (non-hydrogen) atoms. The van der Waals surface area contributed by atoms with Crippen molar-refractivity contribution in [2.24, 2.45) is 0 Å². The molecule has 0 spiro atoms. The van der Waals surface area contributed by atoms with Crippen molar-refractivity contribution in [3.63, 3.8) is 0 Å². The highest BCUT2D eigenvalue weighted by Crippen LogP contribution is 1.97. The molecule has 0 fully saturated rings. The molecule has 11 nitrogen and oxygen atoms in total. The Balaban J connectivity index is 0.000000288. The Morgan fingerprint density at radius 2 is 0.854 bits per heavy atom. The van der Waals surface area contributed by atoms with Crippen LogP contribution >= 0.6 is 0 Å². The van der Waals surface area contributed by atoms with Gasteiger partial charge in [-0.25, -0.2) is 34.9 Å². The first kappa shape index (κ1) is 40.6. The van der Waals surface area contributed by atoms with Gasteiger partial charge in [-0.05, 0) is 124 Å². The summed E-state index contributed by atoms with van der Waals surface area (Å²) in [6, 6.07) is 8.03. The smallest absolute Gasteiger partial charge is 0.129 e. The fraction of sp³-hybridized carbons (Fsp3) is 0.324. The van der Waals surface area contributed by atoms with Gasteiger partial charge in [-0.15, -0.1) is 0 Å². The Bertz CT molecular complexity index is 1400. The predicted octanol–water partition coefficient (Wildman–Crippen LogP) is 7.17. The second-order valence-electron chi connectivity index (χ2n) is 10.9. The van der Waals surface area contributed by atoms with E-state index in [0.29, 0.717) is 0 Å². The van der Waals surface area contributed by atoms with Crippen molar-refractivity contribution in [2.75, 3.05) is 0 Å². The molecule has 6 heterocycles. The molecule has 0 bridgehead atoms. The van der Waals surface area contributed by atoms with Gasteiger partial charge in [0, 0.05) is 61.0 Å². The van der Waals surface area contributed by atoms with E-state index in [9.17, 15) is 0 Å². The van der Waals surface area contributed by atoms with Crippen molar-refractivity contribution >= 4 is 0 Å². The van der Waals surface area contributed by atoms with Gasteiger partial charge in [0.1, 0.15) is 29.6 Å². The van der Waals surface area contributed by atoms with Gasteiger partial charge in [0.15, 0.2) is 0 Å². The Morgan fingerprint density at radius 3 is 1.17 bits per heavy atom. The standard InChI is InChI=1S/2C7H9N.3C6H8N2.C5H7N3/c1-6-3-7(2)5-8-4-6;1-6-3-4-8-7(2)5-6;1-5-3-7-4-6(2)8-5;1-5-3-7-6(2)8-4-5;1-5-3-4-7-6(2)8-5;1-4-6-3-7-5(2)8-4/h2*3-5H,1-2H3;3*3-4H,1-2H3;3H,1-2H3. The highest BCUT2D eigenvalue weighted by atomic mass is 15.0. The average Bonchev–Trinajstić information content (AvgIpc) is 3.00. The maximum Gasteiger partial charge on any atom is 0.129 e. The van der Waals surface area contributed by atoms with Crippen molar-refractivity contribution in [1.29, 1.82) is 0 Å². The van der Waals surface area contributed by atoms with Crippen LogP contribution in [0.2, 0.25) is 0 Å². The van der Waals surface area contributed by atoms with Crippen LogP contribution in [0.3, 0.4) is 0 Å². The second kappa shape index (κ2) is 23.0. The van der Waals surface area contributed by atoms with Crippen LogP contribution in [0.4, 0.5) is 0 Å². The summed E-state index contributed by atoms with van der Waals surface area (Å²) in [5, 5.41) is 0. The number of rotatable bonds is 0. The van der Waals surface area contributed by atoms with E-state index >= 15 is 0 Å². The van der Waals surface area contributed by atoms with E-state index in [1.54, 1.807) is 18.6 Å². The zero-order valence-corrected chi connectivity index (χ0v) is 30.4. The molecule has 252 valence electrons. The third kappa shape index (κ3) is 21.3. The minimum absolute atomic E-state index is 0.775. The van der Waals surface area contributed by atoms with E-state index < -0.39 is 0 Å². The Morgan fingerprint density at radius 1 is 0.333 bits per heavy atom. The number of nitrogens with zero attached hydrogens (tertiary/aromatic N) is 11.